The first kappa shape index (κ1) is 16.2. The van der Waals surface area contributed by atoms with E-state index in [0.717, 1.165) is 16.8 Å². The van der Waals surface area contributed by atoms with Gasteiger partial charge in [0.2, 0.25) is 5.88 Å². The summed E-state index contributed by atoms with van der Waals surface area (Å²) >= 11 is 1.39. The van der Waals surface area contributed by atoms with E-state index >= 15 is 0 Å². The van der Waals surface area contributed by atoms with E-state index in [0.29, 0.717) is 16.6 Å². The lowest BCUT2D eigenvalue weighted by molar-refractivity contribution is 0.102. The van der Waals surface area contributed by atoms with Crippen LogP contribution in [0, 0.1) is 13.8 Å². The van der Waals surface area contributed by atoms with Crippen molar-refractivity contribution in [3.63, 3.8) is 0 Å². The Morgan fingerprint density at radius 2 is 2.12 bits per heavy atom. The summed E-state index contributed by atoms with van der Waals surface area (Å²) in [6.45, 7) is 4.10. The lowest BCUT2D eigenvalue weighted by atomic mass is 10.0. The average Bonchev–Trinajstić information content (AvgIpc) is 3.16. The summed E-state index contributed by atoms with van der Waals surface area (Å²) in [5.41, 5.74) is 4.64. The quantitative estimate of drug-likeness (QED) is 0.789. The molecule has 2 aromatic heterocycles. The number of hydrogen-bond acceptors (Lipinski definition) is 5. The maximum absolute atomic E-state index is 12.4. The van der Waals surface area contributed by atoms with Crippen LogP contribution in [0.15, 0.2) is 29.8 Å². The highest BCUT2D eigenvalue weighted by Crippen LogP contribution is 2.28. The molecule has 0 radical (unpaired) electrons. The van der Waals surface area contributed by atoms with Gasteiger partial charge in [0.15, 0.2) is 5.13 Å². The van der Waals surface area contributed by atoms with Gasteiger partial charge in [-0.05, 0) is 25.5 Å². The van der Waals surface area contributed by atoms with Crippen LogP contribution in [0.3, 0.4) is 0 Å². The van der Waals surface area contributed by atoms with Gasteiger partial charge in [0.25, 0.3) is 5.91 Å². The van der Waals surface area contributed by atoms with Gasteiger partial charge in [0, 0.05) is 24.2 Å². The summed E-state index contributed by atoms with van der Waals surface area (Å²) in [7, 11) is 3.22. The highest BCUT2D eigenvalue weighted by Gasteiger charge is 2.18. The van der Waals surface area contributed by atoms with E-state index in [2.05, 4.69) is 33.6 Å². The van der Waals surface area contributed by atoms with E-state index < -0.39 is 0 Å². The van der Waals surface area contributed by atoms with E-state index in [1.165, 1.54) is 28.7 Å². The van der Waals surface area contributed by atoms with Crippen molar-refractivity contribution in [1.29, 1.82) is 0 Å². The minimum absolute atomic E-state index is 0.290. The third kappa shape index (κ3) is 3.16. The summed E-state index contributed by atoms with van der Waals surface area (Å²) in [4.78, 5) is 16.9. The largest absolute Gasteiger partial charge is 0.479 e. The van der Waals surface area contributed by atoms with Crippen LogP contribution >= 0.6 is 11.3 Å². The number of carbonyl (C=O) groups excluding carboxylic acids is 1. The first-order valence-electron chi connectivity index (χ1n) is 7.40. The molecule has 0 saturated carbocycles. The maximum Gasteiger partial charge on any atom is 0.264 e. The van der Waals surface area contributed by atoms with Crippen LogP contribution in [0.25, 0.3) is 11.3 Å². The van der Waals surface area contributed by atoms with Crippen molar-refractivity contribution >= 4 is 22.4 Å². The molecule has 3 aromatic rings. The molecule has 1 N–H and O–H groups in total. The van der Waals surface area contributed by atoms with Gasteiger partial charge in [-0.1, -0.05) is 17.7 Å². The molecule has 0 bridgehead atoms. The number of anilines is 1. The predicted molar refractivity (Wildman–Crippen MR) is 94.7 cm³/mol. The third-order valence-electron chi connectivity index (χ3n) is 3.63. The lowest BCUT2D eigenvalue weighted by Gasteiger charge is -2.04. The number of rotatable bonds is 4. The van der Waals surface area contributed by atoms with Crippen molar-refractivity contribution in [3.05, 3.63) is 46.5 Å². The van der Waals surface area contributed by atoms with Crippen LogP contribution in [0.1, 0.15) is 21.5 Å². The zero-order valence-electron chi connectivity index (χ0n) is 14.0. The van der Waals surface area contributed by atoms with Crippen LogP contribution in [-0.4, -0.2) is 27.8 Å². The molecule has 0 aliphatic carbocycles. The second-order valence-corrected chi connectivity index (χ2v) is 6.39. The second kappa shape index (κ2) is 6.45. The molecule has 24 heavy (non-hydrogen) atoms. The van der Waals surface area contributed by atoms with E-state index in [1.807, 2.05) is 19.2 Å². The Hall–Kier alpha value is -2.67. The molecule has 0 spiro atoms. The summed E-state index contributed by atoms with van der Waals surface area (Å²) < 4.78 is 6.66. The van der Waals surface area contributed by atoms with Crippen molar-refractivity contribution in [3.8, 4) is 17.1 Å². The normalized spacial score (nSPS) is 10.7. The third-order valence-corrected chi connectivity index (χ3v) is 4.38. The number of carbonyl (C=O) groups is 1. The summed E-state index contributed by atoms with van der Waals surface area (Å²) in [5, 5.41) is 9.37. The standard InChI is InChI=1S/C17H18N4O2S/c1-10-5-6-11(2)12(7-10)14-9-24-17(18-14)19-15(22)13-8-21(3)20-16(13)23-4/h5-9H,1-4H3,(H,18,19,22). The monoisotopic (exact) mass is 342 g/mol. The number of aryl methyl sites for hydroxylation is 3. The van der Waals surface area contributed by atoms with Crippen LogP contribution in [0.5, 0.6) is 5.88 Å². The Balaban J connectivity index is 1.83. The average molecular weight is 342 g/mol. The molecule has 7 heteroatoms. The smallest absolute Gasteiger partial charge is 0.264 e. The van der Waals surface area contributed by atoms with Gasteiger partial charge in [-0.2, -0.15) is 0 Å². The molecule has 2 heterocycles. The summed E-state index contributed by atoms with van der Waals surface area (Å²) in [6, 6.07) is 6.24. The number of nitrogens with one attached hydrogen (secondary N) is 1. The number of thiazole rings is 1. The number of benzene rings is 1. The van der Waals surface area contributed by atoms with Gasteiger partial charge < -0.3 is 4.74 Å². The van der Waals surface area contributed by atoms with Crippen molar-refractivity contribution in [2.45, 2.75) is 13.8 Å². The Kier molecular flexibility index (Phi) is 4.35. The minimum Gasteiger partial charge on any atom is -0.479 e. The van der Waals surface area contributed by atoms with E-state index in [-0.39, 0.29) is 5.91 Å². The van der Waals surface area contributed by atoms with Crippen molar-refractivity contribution in [1.82, 2.24) is 14.8 Å². The fraction of sp³-hybridized carbons (Fsp3) is 0.235. The summed E-state index contributed by atoms with van der Waals surface area (Å²) in [5.74, 6) is 0.00289. The van der Waals surface area contributed by atoms with E-state index in [1.54, 1.807) is 13.2 Å². The van der Waals surface area contributed by atoms with E-state index in [4.69, 9.17) is 4.74 Å². The topological polar surface area (TPSA) is 69.0 Å². The van der Waals surface area contributed by atoms with Crippen LogP contribution in [0.4, 0.5) is 5.13 Å². The van der Waals surface area contributed by atoms with Gasteiger partial charge in [0.05, 0.1) is 12.8 Å². The molecule has 124 valence electrons. The highest BCUT2D eigenvalue weighted by molar-refractivity contribution is 7.14. The SMILES string of the molecule is COc1nn(C)cc1C(=O)Nc1nc(-c2cc(C)ccc2C)cs1. The molecule has 0 unspecified atom stereocenters. The first-order valence-corrected chi connectivity index (χ1v) is 8.28. The Bertz CT molecular complexity index is 898. The van der Waals surface area contributed by atoms with Crippen LogP contribution in [0.2, 0.25) is 0 Å². The number of ether oxygens (including phenoxy) is 1. The molecule has 0 fully saturated rings. The Labute approximate surface area is 144 Å². The second-order valence-electron chi connectivity index (χ2n) is 5.54. The van der Waals surface area contributed by atoms with Gasteiger partial charge in [-0.3, -0.25) is 14.8 Å². The molecular formula is C17H18N4O2S. The zero-order chi connectivity index (χ0) is 17.3. The molecule has 1 aromatic carbocycles. The number of nitrogens with zero attached hydrogens (tertiary/aromatic N) is 3. The van der Waals surface area contributed by atoms with Gasteiger partial charge in [-0.25, -0.2) is 4.98 Å². The number of hydrogen-bond donors (Lipinski definition) is 1. The zero-order valence-corrected chi connectivity index (χ0v) is 14.8. The molecule has 0 atom stereocenters. The Morgan fingerprint density at radius 1 is 1.33 bits per heavy atom. The van der Waals surface area contributed by atoms with Gasteiger partial charge >= 0.3 is 0 Å². The Morgan fingerprint density at radius 3 is 2.88 bits per heavy atom. The van der Waals surface area contributed by atoms with Gasteiger partial charge in [-0.15, -0.1) is 16.4 Å². The highest BCUT2D eigenvalue weighted by atomic mass is 32.1. The van der Waals surface area contributed by atoms with Crippen molar-refractivity contribution in [2.75, 3.05) is 12.4 Å². The lowest BCUT2D eigenvalue weighted by Crippen LogP contribution is -2.12. The maximum atomic E-state index is 12.4. The first-order chi connectivity index (χ1) is 11.5. The molecule has 0 saturated heterocycles. The fourth-order valence-corrected chi connectivity index (χ4v) is 3.11. The number of amides is 1. The van der Waals surface area contributed by atoms with Crippen molar-refractivity contribution in [2.24, 2.45) is 7.05 Å². The minimum atomic E-state index is -0.290. The summed E-state index contributed by atoms with van der Waals surface area (Å²) in [6.07, 6.45) is 1.62. The van der Waals surface area contributed by atoms with Crippen LogP contribution in [-0.2, 0) is 7.05 Å². The predicted octanol–water partition coefficient (Wildman–Crippen LogP) is 3.42. The van der Waals surface area contributed by atoms with Crippen molar-refractivity contribution < 1.29 is 9.53 Å². The van der Waals surface area contributed by atoms with E-state index in [9.17, 15) is 4.79 Å². The van der Waals surface area contributed by atoms with Gasteiger partial charge in [0.1, 0.15) is 5.56 Å². The molecule has 0 aliphatic rings. The van der Waals surface area contributed by atoms with Crippen LogP contribution < -0.4 is 10.1 Å². The molecule has 1 amide bonds. The fourth-order valence-electron chi connectivity index (χ4n) is 2.41. The number of aromatic nitrogens is 3. The molecule has 6 nitrogen and oxygen atoms in total. The molecular weight excluding hydrogens is 324 g/mol. The molecule has 3 rings (SSSR count). The number of methoxy groups -OCH3 is 1. The molecule has 0 aliphatic heterocycles.